The number of carbonyl (C=O) groups excluding carboxylic acids is 1. The van der Waals surface area contributed by atoms with Gasteiger partial charge in [0.2, 0.25) is 0 Å². The molecule has 0 fully saturated rings. The second kappa shape index (κ2) is 7.40. The van der Waals surface area contributed by atoms with Crippen LogP contribution in [0.15, 0.2) is 29.2 Å². The van der Waals surface area contributed by atoms with Crippen LogP contribution in [-0.2, 0) is 4.74 Å². The van der Waals surface area contributed by atoms with Crippen molar-refractivity contribution in [1.82, 2.24) is 5.32 Å². The monoisotopic (exact) mass is 293 g/mol. The third-order valence-corrected chi connectivity index (χ3v) is 2.89. The highest BCUT2D eigenvalue weighted by Gasteiger charge is 2.27. The summed E-state index contributed by atoms with van der Waals surface area (Å²) in [7, 11) is 0. The van der Waals surface area contributed by atoms with E-state index in [0.29, 0.717) is 5.56 Å². The maximum atomic E-state index is 11.8. The molecular weight excluding hydrogens is 279 g/mol. The number of alkyl halides is 3. The Balaban J connectivity index is 2.27. The Kier molecular flexibility index (Phi) is 6.17. The highest BCUT2D eigenvalue weighted by molar-refractivity contribution is 7.98. The van der Waals surface area contributed by atoms with Crippen molar-refractivity contribution in [3.63, 3.8) is 0 Å². The number of thioether (sulfide) groups is 1. The molecule has 0 aliphatic heterocycles. The molecule has 0 saturated carbocycles. The van der Waals surface area contributed by atoms with Crippen molar-refractivity contribution in [2.24, 2.45) is 0 Å². The van der Waals surface area contributed by atoms with E-state index < -0.39 is 12.8 Å². The van der Waals surface area contributed by atoms with Gasteiger partial charge < -0.3 is 10.1 Å². The second-order valence-electron chi connectivity index (χ2n) is 3.65. The lowest BCUT2D eigenvalue weighted by atomic mass is 10.2. The third-order valence-electron chi connectivity index (χ3n) is 2.15. The van der Waals surface area contributed by atoms with Gasteiger partial charge in [0.05, 0.1) is 6.61 Å². The third kappa shape index (κ3) is 6.49. The summed E-state index contributed by atoms with van der Waals surface area (Å²) in [4.78, 5) is 12.6. The lowest BCUT2D eigenvalue weighted by Gasteiger charge is -2.08. The number of ether oxygens (including phenoxy) is 1. The molecule has 0 heterocycles. The highest BCUT2D eigenvalue weighted by Crippen LogP contribution is 2.15. The number of halogens is 3. The van der Waals surface area contributed by atoms with Crippen molar-refractivity contribution in [1.29, 1.82) is 0 Å². The number of hydrogen-bond donors (Lipinski definition) is 1. The molecule has 0 aliphatic carbocycles. The first-order valence-electron chi connectivity index (χ1n) is 5.49. The topological polar surface area (TPSA) is 38.3 Å². The van der Waals surface area contributed by atoms with Crippen molar-refractivity contribution in [3.05, 3.63) is 29.8 Å². The van der Waals surface area contributed by atoms with Crippen LogP contribution < -0.4 is 5.32 Å². The number of carbonyl (C=O) groups is 1. The van der Waals surface area contributed by atoms with Gasteiger partial charge in [-0.05, 0) is 30.5 Å². The van der Waals surface area contributed by atoms with Crippen LogP contribution in [-0.4, -0.2) is 38.1 Å². The zero-order valence-electron chi connectivity index (χ0n) is 10.3. The summed E-state index contributed by atoms with van der Waals surface area (Å²) < 4.78 is 39.7. The van der Waals surface area contributed by atoms with Gasteiger partial charge in [0.1, 0.15) is 6.61 Å². The summed E-state index contributed by atoms with van der Waals surface area (Å²) in [5.41, 5.74) is 0.466. The van der Waals surface area contributed by atoms with Gasteiger partial charge in [0.15, 0.2) is 0 Å². The number of amides is 1. The molecule has 7 heteroatoms. The molecule has 0 aromatic heterocycles. The van der Waals surface area contributed by atoms with E-state index in [4.69, 9.17) is 0 Å². The lowest BCUT2D eigenvalue weighted by Crippen LogP contribution is -2.28. The average molecular weight is 293 g/mol. The number of hydrogen-bond acceptors (Lipinski definition) is 3. The van der Waals surface area contributed by atoms with Gasteiger partial charge in [-0.2, -0.15) is 13.2 Å². The maximum Gasteiger partial charge on any atom is 0.411 e. The Morgan fingerprint density at radius 2 is 1.95 bits per heavy atom. The van der Waals surface area contributed by atoms with Crippen LogP contribution in [0.3, 0.4) is 0 Å². The summed E-state index contributed by atoms with van der Waals surface area (Å²) in [5, 5.41) is 2.48. The maximum absolute atomic E-state index is 11.8. The van der Waals surface area contributed by atoms with E-state index in [9.17, 15) is 18.0 Å². The fourth-order valence-electron chi connectivity index (χ4n) is 1.27. The minimum absolute atomic E-state index is 0.0409. The summed E-state index contributed by atoms with van der Waals surface area (Å²) in [6, 6.07) is 6.94. The zero-order valence-corrected chi connectivity index (χ0v) is 11.1. The Hall–Kier alpha value is -1.21. The predicted molar refractivity (Wildman–Crippen MR) is 67.4 cm³/mol. The summed E-state index contributed by atoms with van der Waals surface area (Å²) >= 11 is 1.56. The van der Waals surface area contributed by atoms with Gasteiger partial charge in [-0.25, -0.2) is 0 Å². The van der Waals surface area contributed by atoms with E-state index >= 15 is 0 Å². The fourth-order valence-corrected chi connectivity index (χ4v) is 1.68. The van der Waals surface area contributed by atoms with Crippen LogP contribution in [0.1, 0.15) is 10.4 Å². The van der Waals surface area contributed by atoms with Crippen molar-refractivity contribution in [3.8, 4) is 0 Å². The SMILES string of the molecule is CSc1ccc(C(=O)NCCOCC(F)(F)F)cc1. The first-order valence-corrected chi connectivity index (χ1v) is 6.71. The number of rotatable bonds is 6. The molecule has 0 aliphatic rings. The number of nitrogens with one attached hydrogen (secondary N) is 1. The molecule has 0 radical (unpaired) electrons. The molecule has 0 spiro atoms. The van der Waals surface area contributed by atoms with E-state index in [1.807, 2.05) is 6.26 Å². The molecule has 19 heavy (non-hydrogen) atoms. The molecule has 0 bridgehead atoms. The standard InChI is InChI=1S/C12H14F3NO2S/c1-19-10-4-2-9(3-5-10)11(17)16-6-7-18-8-12(13,14)15/h2-5H,6-8H2,1H3,(H,16,17). The molecule has 1 amide bonds. The molecule has 1 aromatic rings. The van der Waals surface area contributed by atoms with Crippen LogP contribution in [0, 0.1) is 0 Å². The van der Waals surface area contributed by atoms with E-state index in [2.05, 4.69) is 10.1 Å². The summed E-state index contributed by atoms with van der Waals surface area (Å²) in [5.74, 6) is -0.330. The van der Waals surface area contributed by atoms with Gasteiger partial charge in [-0.1, -0.05) is 0 Å². The quantitative estimate of drug-likeness (QED) is 0.647. The number of benzene rings is 1. The molecule has 0 unspecified atom stereocenters. The Morgan fingerprint density at radius 3 is 2.47 bits per heavy atom. The van der Waals surface area contributed by atoms with Crippen LogP contribution in [0.5, 0.6) is 0 Å². The zero-order chi connectivity index (χ0) is 14.3. The summed E-state index contributed by atoms with van der Waals surface area (Å²) in [6.45, 7) is -1.43. The summed E-state index contributed by atoms with van der Waals surface area (Å²) in [6.07, 6.45) is -2.41. The van der Waals surface area contributed by atoms with Crippen LogP contribution in [0.2, 0.25) is 0 Å². The van der Waals surface area contributed by atoms with Crippen molar-refractivity contribution in [2.45, 2.75) is 11.1 Å². The molecule has 1 N–H and O–H groups in total. The minimum atomic E-state index is -4.34. The highest BCUT2D eigenvalue weighted by atomic mass is 32.2. The average Bonchev–Trinajstić information content (AvgIpc) is 2.37. The second-order valence-corrected chi connectivity index (χ2v) is 4.53. The van der Waals surface area contributed by atoms with Gasteiger partial charge in [0, 0.05) is 17.0 Å². The van der Waals surface area contributed by atoms with Gasteiger partial charge in [0.25, 0.3) is 5.91 Å². The minimum Gasteiger partial charge on any atom is -0.370 e. The van der Waals surface area contributed by atoms with E-state index in [0.717, 1.165) is 4.90 Å². The normalized spacial score (nSPS) is 11.4. The van der Waals surface area contributed by atoms with Crippen LogP contribution in [0.4, 0.5) is 13.2 Å². The predicted octanol–water partition coefficient (Wildman–Crippen LogP) is 2.72. The lowest BCUT2D eigenvalue weighted by molar-refractivity contribution is -0.173. The van der Waals surface area contributed by atoms with Crippen molar-refractivity contribution in [2.75, 3.05) is 26.0 Å². The van der Waals surface area contributed by atoms with Crippen LogP contribution in [0.25, 0.3) is 0 Å². The largest absolute Gasteiger partial charge is 0.411 e. The van der Waals surface area contributed by atoms with Crippen molar-refractivity contribution < 1.29 is 22.7 Å². The first kappa shape index (κ1) is 15.8. The fraction of sp³-hybridized carbons (Fsp3) is 0.417. The van der Waals surface area contributed by atoms with Gasteiger partial charge in [-0.15, -0.1) is 11.8 Å². The molecule has 0 atom stereocenters. The van der Waals surface area contributed by atoms with E-state index in [1.54, 1.807) is 36.0 Å². The van der Waals surface area contributed by atoms with E-state index in [-0.39, 0.29) is 19.1 Å². The molecule has 1 rings (SSSR count). The Bertz CT molecular complexity index is 406. The molecule has 3 nitrogen and oxygen atoms in total. The molecule has 0 saturated heterocycles. The molecule has 1 aromatic carbocycles. The molecular formula is C12H14F3NO2S. The van der Waals surface area contributed by atoms with E-state index in [1.165, 1.54) is 0 Å². The Labute approximate surface area is 113 Å². The van der Waals surface area contributed by atoms with Gasteiger partial charge >= 0.3 is 6.18 Å². The van der Waals surface area contributed by atoms with Gasteiger partial charge in [-0.3, -0.25) is 4.79 Å². The smallest absolute Gasteiger partial charge is 0.370 e. The van der Waals surface area contributed by atoms with Crippen molar-refractivity contribution >= 4 is 17.7 Å². The van der Waals surface area contributed by atoms with Crippen LogP contribution >= 0.6 is 11.8 Å². The molecule has 106 valence electrons. The Morgan fingerprint density at radius 1 is 1.32 bits per heavy atom. The first-order chi connectivity index (χ1) is 8.92.